The van der Waals surface area contributed by atoms with Crippen molar-refractivity contribution in [3.8, 4) is 0 Å². The second kappa shape index (κ2) is 11.5. The standard InChI is InChI=1S/C22H32N4O6/c1-31-18(27)10-5-12-23-20(28)19-16(25-22(30)24-15-7-3-2-4-8-15)11-13-26(19)21(29)17-9-6-14-32-17/h6,9,14-16,19H,2-5,7-8,10-13H2,1H3,(H,23,28)(H2,24,25,30). The number of hydrogen-bond acceptors (Lipinski definition) is 6. The molecule has 2 aliphatic rings. The lowest BCUT2D eigenvalue weighted by molar-refractivity contribution is -0.140. The first-order chi connectivity index (χ1) is 15.5. The number of esters is 1. The molecule has 1 aliphatic heterocycles. The molecule has 1 saturated heterocycles. The van der Waals surface area contributed by atoms with Gasteiger partial charge >= 0.3 is 12.0 Å². The lowest BCUT2D eigenvalue weighted by Gasteiger charge is -2.28. The molecule has 1 aliphatic carbocycles. The van der Waals surface area contributed by atoms with Crippen molar-refractivity contribution in [3.63, 3.8) is 0 Å². The molecule has 10 heteroatoms. The quantitative estimate of drug-likeness (QED) is 0.409. The van der Waals surface area contributed by atoms with E-state index >= 15 is 0 Å². The van der Waals surface area contributed by atoms with Crippen molar-refractivity contribution < 1.29 is 28.3 Å². The smallest absolute Gasteiger partial charge is 0.315 e. The number of carbonyl (C=O) groups excluding carboxylic acids is 4. The molecular formula is C22H32N4O6. The average molecular weight is 449 g/mol. The molecule has 0 bridgehead atoms. The minimum Gasteiger partial charge on any atom is -0.469 e. The maximum atomic E-state index is 13.0. The Morgan fingerprint density at radius 1 is 1.12 bits per heavy atom. The number of ether oxygens (including phenoxy) is 1. The first-order valence-corrected chi connectivity index (χ1v) is 11.3. The molecule has 10 nitrogen and oxygen atoms in total. The summed E-state index contributed by atoms with van der Waals surface area (Å²) in [6.45, 7) is 0.572. The van der Waals surface area contributed by atoms with E-state index in [0.29, 0.717) is 19.4 Å². The topological polar surface area (TPSA) is 130 Å². The molecule has 1 aromatic rings. The third kappa shape index (κ3) is 6.24. The molecule has 2 fully saturated rings. The molecule has 2 heterocycles. The number of rotatable bonds is 8. The number of methoxy groups -OCH3 is 1. The molecule has 2 unspecified atom stereocenters. The average Bonchev–Trinajstić information content (AvgIpc) is 3.47. The SMILES string of the molecule is COC(=O)CCCNC(=O)C1C(NC(=O)NC2CCCCC2)CCN1C(=O)c1ccco1. The molecule has 0 radical (unpaired) electrons. The van der Waals surface area contributed by atoms with Gasteiger partial charge in [-0.1, -0.05) is 19.3 Å². The second-order valence-corrected chi connectivity index (χ2v) is 8.24. The summed E-state index contributed by atoms with van der Waals surface area (Å²) in [5.41, 5.74) is 0. The predicted octanol–water partition coefficient (Wildman–Crippen LogP) is 1.56. The highest BCUT2D eigenvalue weighted by Crippen LogP contribution is 2.22. The van der Waals surface area contributed by atoms with Gasteiger partial charge in [0.1, 0.15) is 6.04 Å². The van der Waals surface area contributed by atoms with E-state index in [9.17, 15) is 19.2 Å². The Bertz CT molecular complexity index is 790. The van der Waals surface area contributed by atoms with Crippen LogP contribution in [-0.2, 0) is 14.3 Å². The Balaban J connectivity index is 1.63. The summed E-state index contributed by atoms with van der Waals surface area (Å²) in [4.78, 5) is 51.2. The predicted molar refractivity (Wildman–Crippen MR) is 115 cm³/mol. The number of hydrogen-bond donors (Lipinski definition) is 3. The van der Waals surface area contributed by atoms with Crippen LogP contribution in [0.1, 0.15) is 61.9 Å². The van der Waals surface area contributed by atoms with Crippen LogP contribution in [-0.4, -0.2) is 67.0 Å². The summed E-state index contributed by atoms with van der Waals surface area (Å²) in [5.74, 6) is -0.994. The molecule has 3 rings (SSSR count). The third-order valence-corrected chi connectivity index (χ3v) is 6.00. The lowest BCUT2D eigenvalue weighted by Crippen LogP contribution is -2.57. The number of likely N-dealkylation sites (tertiary alicyclic amines) is 1. The van der Waals surface area contributed by atoms with E-state index in [0.717, 1.165) is 25.7 Å². The fraction of sp³-hybridized carbons (Fsp3) is 0.636. The van der Waals surface area contributed by atoms with Gasteiger partial charge < -0.3 is 30.0 Å². The summed E-state index contributed by atoms with van der Waals surface area (Å²) >= 11 is 0. The molecule has 0 aromatic carbocycles. The third-order valence-electron chi connectivity index (χ3n) is 6.00. The molecule has 2 atom stereocenters. The van der Waals surface area contributed by atoms with Gasteiger partial charge in [-0.15, -0.1) is 0 Å². The number of nitrogens with one attached hydrogen (secondary N) is 3. The molecular weight excluding hydrogens is 416 g/mol. The van der Waals surface area contributed by atoms with E-state index in [-0.39, 0.29) is 42.7 Å². The van der Waals surface area contributed by atoms with Crippen LogP contribution in [0.15, 0.2) is 22.8 Å². The largest absolute Gasteiger partial charge is 0.469 e. The van der Waals surface area contributed by atoms with Crippen LogP contribution in [0.2, 0.25) is 0 Å². The number of amides is 4. The Morgan fingerprint density at radius 3 is 2.59 bits per heavy atom. The minimum absolute atomic E-state index is 0.136. The van der Waals surface area contributed by atoms with Crippen LogP contribution in [0, 0.1) is 0 Å². The fourth-order valence-electron chi connectivity index (χ4n) is 4.33. The van der Waals surface area contributed by atoms with Crippen LogP contribution >= 0.6 is 0 Å². The summed E-state index contributed by atoms with van der Waals surface area (Å²) in [6, 6.07) is 1.57. The summed E-state index contributed by atoms with van der Waals surface area (Å²) in [6.07, 6.45) is 7.72. The van der Waals surface area contributed by atoms with E-state index in [1.54, 1.807) is 12.1 Å². The highest BCUT2D eigenvalue weighted by atomic mass is 16.5. The zero-order valence-corrected chi connectivity index (χ0v) is 18.4. The molecule has 32 heavy (non-hydrogen) atoms. The molecule has 4 amide bonds. The number of carbonyl (C=O) groups is 4. The Labute approximate surface area is 187 Å². The van der Waals surface area contributed by atoms with Gasteiger partial charge in [-0.2, -0.15) is 0 Å². The van der Waals surface area contributed by atoms with Gasteiger partial charge in [-0.05, 0) is 37.8 Å². The number of furan rings is 1. The van der Waals surface area contributed by atoms with Gasteiger partial charge in [0.25, 0.3) is 5.91 Å². The van der Waals surface area contributed by atoms with Crippen molar-refractivity contribution in [1.82, 2.24) is 20.9 Å². The van der Waals surface area contributed by atoms with Crippen LogP contribution in [0.3, 0.4) is 0 Å². The van der Waals surface area contributed by atoms with E-state index in [1.807, 2.05) is 0 Å². The van der Waals surface area contributed by atoms with Crippen molar-refractivity contribution in [3.05, 3.63) is 24.2 Å². The van der Waals surface area contributed by atoms with Crippen molar-refractivity contribution >= 4 is 23.8 Å². The first-order valence-electron chi connectivity index (χ1n) is 11.3. The lowest BCUT2D eigenvalue weighted by atomic mass is 9.96. The molecule has 176 valence electrons. The molecule has 0 spiro atoms. The highest BCUT2D eigenvalue weighted by molar-refractivity contribution is 5.96. The number of nitrogens with zero attached hydrogens (tertiary/aromatic N) is 1. The van der Waals surface area contributed by atoms with E-state index < -0.39 is 18.0 Å². The monoisotopic (exact) mass is 448 g/mol. The van der Waals surface area contributed by atoms with Crippen LogP contribution in [0.4, 0.5) is 4.79 Å². The Morgan fingerprint density at radius 2 is 1.91 bits per heavy atom. The zero-order valence-electron chi connectivity index (χ0n) is 18.4. The van der Waals surface area contributed by atoms with Gasteiger partial charge in [-0.3, -0.25) is 14.4 Å². The van der Waals surface area contributed by atoms with Crippen LogP contribution in [0.5, 0.6) is 0 Å². The highest BCUT2D eigenvalue weighted by Gasteiger charge is 2.43. The molecule has 1 aromatic heterocycles. The van der Waals surface area contributed by atoms with Crippen LogP contribution in [0.25, 0.3) is 0 Å². The van der Waals surface area contributed by atoms with Crippen molar-refractivity contribution in [2.45, 2.75) is 69.5 Å². The van der Waals surface area contributed by atoms with Crippen molar-refractivity contribution in [1.29, 1.82) is 0 Å². The molecule has 3 N–H and O–H groups in total. The Hall–Kier alpha value is -3.04. The zero-order chi connectivity index (χ0) is 22.9. The normalized spacial score (nSPS) is 21.1. The van der Waals surface area contributed by atoms with Gasteiger partial charge in [0.15, 0.2) is 5.76 Å². The van der Waals surface area contributed by atoms with Gasteiger partial charge in [0.05, 0.1) is 19.4 Å². The first kappa shape index (κ1) is 23.6. The second-order valence-electron chi connectivity index (χ2n) is 8.24. The molecule has 1 saturated carbocycles. The summed E-state index contributed by atoms with van der Waals surface area (Å²) < 4.78 is 9.82. The van der Waals surface area contributed by atoms with E-state index in [1.165, 1.54) is 24.7 Å². The van der Waals surface area contributed by atoms with Crippen LogP contribution < -0.4 is 16.0 Å². The van der Waals surface area contributed by atoms with Crippen molar-refractivity contribution in [2.24, 2.45) is 0 Å². The van der Waals surface area contributed by atoms with E-state index in [4.69, 9.17) is 4.42 Å². The summed E-state index contributed by atoms with van der Waals surface area (Å²) in [7, 11) is 1.31. The minimum atomic E-state index is -0.872. The van der Waals surface area contributed by atoms with Gasteiger partial charge in [-0.25, -0.2) is 4.79 Å². The van der Waals surface area contributed by atoms with Gasteiger partial charge in [0, 0.05) is 25.6 Å². The Kier molecular flexibility index (Phi) is 8.52. The number of urea groups is 1. The van der Waals surface area contributed by atoms with E-state index in [2.05, 4.69) is 20.7 Å². The van der Waals surface area contributed by atoms with Crippen molar-refractivity contribution in [2.75, 3.05) is 20.2 Å². The maximum absolute atomic E-state index is 13.0. The maximum Gasteiger partial charge on any atom is 0.315 e. The summed E-state index contributed by atoms with van der Waals surface area (Å²) in [5, 5.41) is 8.66. The fourth-order valence-corrected chi connectivity index (χ4v) is 4.33. The van der Waals surface area contributed by atoms with Gasteiger partial charge in [0.2, 0.25) is 5.91 Å².